The molecule has 0 aliphatic carbocycles. The number of rotatable bonds is 2. The lowest BCUT2D eigenvalue weighted by Crippen LogP contribution is -2.23. The summed E-state index contributed by atoms with van der Waals surface area (Å²) in [6.07, 6.45) is -7.10. The van der Waals surface area contributed by atoms with Crippen LogP contribution in [0.25, 0.3) is 0 Å². The fraction of sp³-hybridized carbons (Fsp3) is 0.500. The molecule has 0 radical (unpaired) electrons. The Labute approximate surface area is 98.0 Å². The normalized spacial score (nSPS) is 14.5. The molecule has 0 saturated heterocycles. The van der Waals surface area contributed by atoms with Crippen molar-refractivity contribution in [3.63, 3.8) is 0 Å². The molecule has 1 atom stereocenters. The van der Waals surface area contributed by atoms with E-state index in [0.717, 1.165) is 0 Å². The predicted octanol–water partition coefficient (Wildman–Crippen LogP) is 3.46. The first-order chi connectivity index (χ1) is 7.59. The van der Waals surface area contributed by atoms with Crippen molar-refractivity contribution in [2.45, 2.75) is 38.7 Å². The summed E-state index contributed by atoms with van der Waals surface area (Å²) in [6.45, 7) is 5.52. The van der Waals surface area contributed by atoms with Gasteiger partial charge in [-0.05, 0) is 38.5 Å². The van der Waals surface area contributed by atoms with E-state index in [-0.39, 0.29) is 5.56 Å². The first kappa shape index (κ1) is 13.8. The van der Waals surface area contributed by atoms with Gasteiger partial charge in [0.25, 0.3) is 0 Å². The number of hydrogen-bond acceptors (Lipinski definition) is 2. The molecule has 5 heteroatoms. The minimum atomic E-state index is -4.65. The van der Waals surface area contributed by atoms with Gasteiger partial charge in [-0.2, -0.15) is 13.2 Å². The molecule has 0 amide bonds. The van der Waals surface area contributed by atoms with E-state index in [2.05, 4.69) is 0 Å². The highest BCUT2D eigenvalue weighted by atomic mass is 19.4. The van der Waals surface area contributed by atoms with Gasteiger partial charge in [-0.1, -0.05) is 12.1 Å². The number of ether oxygens (including phenoxy) is 1. The Hall–Kier alpha value is -1.23. The number of halogens is 3. The van der Waals surface area contributed by atoms with E-state index in [1.54, 1.807) is 0 Å². The van der Waals surface area contributed by atoms with Crippen LogP contribution in [0.1, 0.15) is 32.4 Å². The molecule has 0 fully saturated rings. The third-order valence-electron chi connectivity index (χ3n) is 1.93. The fourth-order valence-corrected chi connectivity index (χ4v) is 1.26. The maximum atomic E-state index is 12.2. The van der Waals surface area contributed by atoms with E-state index < -0.39 is 17.9 Å². The second kappa shape index (κ2) is 4.56. The standard InChI is InChI=1S/C12H15F3O2/c1-11(2,3)17-9-6-4-8(5-7-9)10(16)12(13,14)15/h4-7,10,16H,1-3H3/t10-/m0/s1. The van der Waals surface area contributed by atoms with Gasteiger partial charge in [-0.25, -0.2) is 0 Å². The minimum Gasteiger partial charge on any atom is -0.488 e. The lowest BCUT2D eigenvalue weighted by atomic mass is 10.1. The zero-order chi connectivity index (χ0) is 13.3. The van der Waals surface area contributed by atoms with Gasteiger partial charge >= 0.3 is 6.18 Å². The molecule has 1 rings (SSSR count). The van der Waals surface area contributed by atoms with E-state index in [9.17, 15) is 13.2 Å². The lowest BCUT2D eigenvalue weighted by molar-refractivity contribution is -0.206. The van der Waals surface area contributed by atoms with Gasteiger partial charge in [0.1, 0.15) is 11.4 Å². The topological polar surface area (TPSA) is 29.5 Å². The largest absolute Gasteiger partial charge is 0.488 e. The van der Waals surface area contributed by atoms with E-state index in [0.29, 0.717) is 5.75 Å². The number of hydrogen-bond donors (Lipinski definition) is 1. The van der Waals surface area contributed by atoms with Crippen LogP contribution in [0.3, 0.4) is 0 Å². The molecule has 1 aromatic rings. The van der Waals surface area contributed by atoms with Crippen molar-refractivity contribution in [2.75, 3.05) is 0 Å². The van der Waals surface area contributed by atoms with Gasteiger partial charge in [0.15, 0.2) is 6.10 Å². The van der Waals surface area contributed by atoms with E-state index in [4.69, 9.17) is 9.84 Å². The predicted molar refractivity (Wildman–Crippen MR) is 57.8 cm³/mol. The van der Waals surface area contributed by atoms with Crippen LogP contribution in [0.4, 0.5) is 13.2 Å². The molecule has 0 bridgehead atoms. The summed E-state index contributed by atoms with van der Waals surface area (Å²) in [5.41, 5.74) is -0.608. The van der Waals surface area contributed by atoms with E-state index >= 15 is 0 Å². The van der Waals surface area contributed by atoms with Crippen LogP contribution in [-0.2, 0) is 0 Å². The molecule has 0 spiro atoms. The van der Waals surface area contributed by atoms with Gasteiger partial charge in [-0.15, -0.1) is 0 Å². The fourth-order valence-electron chi connectivity index (χ4n) is 1.26. The van der Waals surface area contributed by atoms with Crippen molar-refractivity contribution >= 4 is 0 Å². The molecular formula is C12H15F3O2. The van der Waals surface area contributed by atoms with Crippen molar-refractivity contribution in [3.8, 4) is 5.75 Å². The Bertz CT molecular complexity index is 363. The summed E-state index contributed by atoms with van der Waals surface area (Å²) < 4.78 is 42.1. The summed E-state index contributed by atoms with van der Waals surface area (Å²) in [4.78, 5) is 0. The molecule has 0 unspecified atom stereocenters. The van der Waals surface area contributed by atoms with Gasteiger partial charge in [0.2, 0.25) is 0 Å². The smallest absolute Gasteiger partial charge is 0.418 e. The number of benzene rings is 1. The van der Waals surface area contributed by atoms with Crippen molar-refractivity contribution in [1.82, 2.24) is 0 Å². The molecule has 0 aliphatic heterocycles. The first-order valence-corrected chi connectivity index (χ1v) is 5.13. The molecular weight excluding hydrogens is 233 g/mol. The highest BCUT2D eigenvalue weighted by Crippen LogP contribution is 2.33. The summed E-state index contributed by atoms with van der Waals surface area (Å²) in [5.74, 6) is 0.468. The van der Waals surface area contributed by atoms with Crippen LogP contribution in [-0.4, -0.2) is 16.9 Å². The molecule has 0 aromatic heterocycles. The molecule has 96 valence electrons. The molecule has 1 aromatic carbocycles. The Balaban J connectivity index is 2.82. The average Bonchev–Trinajstić information content (AvgIpc) is 2.14. The Kier molecular flexibility index (Phi) is 3.71. The van der Waals surface area contributed by atoms with E-state index in [1.165, 1.54) is 24.3 Å². The summed E-state index contributed by atoms with van der Waals surface area (Å²) >= 11 is 0. The van der Waals surface area contributed by atoms with Crippen molar-refractivity contribution in [3.05, 3.63) is 29.8 Å². The summed E-state index contributed by atoms with van der Waals surface area (Å²) in [6, 6.07) is 5.24. The monoisotopic (exact) mass is 248 g/mol. The average molecular weight is 248 g/mol. The lowest BCUT2D eigenvalue weighted by Gasteiger charge is -2.22. The SMILES string of the molecule is CC(C)(C)Oc1ccc([C@H](O)C(F)(F)F)cc1. The maximum Gasteiger partial charge on any atom is 0.418 e. The van der Waals surface area contributed by atoms with E-state index in [1.807, 2.05) is 20.8 Å². The Morgan fingerprint density at radius 2 is 1.53 bits per heavy atom. The van der Waals surface area contributed by atoms with Crippen LogP contribution in [0.5, 0.6) is 5.75 Å². The number of aliphatic hydroxyl groups is 1. The maximum absolute atomic E-state index is 12.2. The zero-order valence-corrected chi connectivity index (χ0v) is 9.88. The van der Waals surface area contributed by atoms with Crippen molar-refractivity contribution < 1.29 is 23.0 Å². The minimum absolute atomic E-state index is 0.196. The second-order valence-electron chi connectivity index (χ2n) is 4.73. The summed E-state index contributed by atoms with van der Waals surface area (Å²) in [5, 5.41) is 9.01. The van der Waals surface area contributed by atoms with Crippen LogP contribution in [0.15, 0.2) is 24.3 Å². The number of alkyl halides is 3. The van der Waals surface area contributed by atoms with Crippen LogP contribution < -0.4 is 4.74 Å². The molecule has 1 N–H and O–H groups in total. The molecule has 17 heavy (non-hydrogen) atoms. The molecule has 0 saturated carbocycles. The Morgan fingerprint density at radius 1 is 1.06 bits per heavy atom. The molecule has 0 aliphatic rings. The van der Waals surface area contributed by atoms with Crippen molar-refractivity contribution in [1.29, 1.82) is 0 Å². The van der Waals surface area contributed by atoms with Crippen LogP contribution in [0.2, 0.25) is 0 Å². The highest BCUT2D eigenvalue weighted by molar-refractivity contribution is 5.29. The van der Waals surface area contributed by atoms with Crippen LogP contribution >= 0.6 is 0 Å². The molecule has 2 nitrogen and oxygen atoms in total. The first-order valence-electron chi connectivity index (χ1n) is 5.13. The molecule has 0 heterocycles. The zero-order valence-electron chi connectivity index (χ0n) is 9.88. The third kappa shape index (κ3) is 4.26. The van der Waals surface area contributed by atoms with Gasteiger partial charge in [0, 0.05) is 0 Å². The quantitative estimate of drug-likeness (QED) is 0.868. The van der Waals surface area contributed by atoms with Crippen molar-refractivity contribution in [2.24, 2.45) is 0 Å². The highest BCUT2D eigenvalue weighted by Gasteiger charge is 2.39. The second-order valence-corrected chi connectivity index (χ2v) is 4.73. The number of aliphatic hydroxyl groups excluding tert-OH is 1. The van der Waals surface area contributed by atoms with Gasteiger partial charge in [-0.3, -0.25) is 0 Å². The Morgan fingerprint density at radius 3 is 1.88 bits per heavy atom. The van der Waals surface area contributed by atoms with Gasteiger partial charge in [0.05, 0.1) is 0 Å². The summed E-state index contributed by atoms with van der Waals surface area (Å²) in [7, 11) is 0. The van der Waals surface area contributed by atoms with Gasteiger partial charge < -0.3 is 9.84 Å². The third-order valence-corrected chi connectivity index (χ3v) is 1.93. The van der Waals surface area contributed by atoms with Crippen LogP contribution in [0, 0.1) is 0 Å².